The standard InChI is InChI=1S/C13H22N4OS/c1-3-5-11-12(19-16-15-11)13(18)17-9(2)6-4-7-10(17)8-14/h9-10H,3-8,14H2,1-2H3. The van der Waals surface area contributed by atoms with Crippen LogP contribution in [0.2, 0.25) is 0 Å². The smallest absolute Gasteiger partial charge is 0.268 e. The van der Waals surface area contributed by atoms with E-state index in [1.165, 1.54) is 11.5 Å². The third-order valence-corrected chi connectivity index (χ3v) is 4.53. The number of carbonyl (C=O) groups is 1. The summed E-state index contributed by atoms with van der Waals surface area (Å²) in [5.41, 5.74) is 6.66. The molecule has 0 aliphatic carbocycles. The highest BCUT2D eigenvalue weighted by atomic mass is 32.1. The molecule has 0 bridgehead atoms. The zero-order chi connectivity index (χ0) is 13.8. The minimum absolute atomic E-state index is 0.0705. The maximum atomic E-state index is 12.7. The summed E-state index contributed by atoms with van der Waals surface area (Å²) in [7, 11) is 0. The van der Waals surface area contributed by atoms with Crippen molar-refractivity contribution in [3.63, 3.8) is 0 Å². The Bertz CT molecular complexity index is 434. The van der Waals surface area contributed by atoms with Gasteiger partial charge in [0.25, 0.3) is 5.91 Å². The molecule has 5 nitrogen and oxygen atoms in total. The van der Waals surface area contributed by atoms with E-state index >= 15 is 0 Å². The molecule has 19 heavy (non-hydrogen) atoms. The van der Waals surface area contributed by atoms with E-state index in [2.05, 4.69) is 23.4 Å². The van der Waals surface area contributed by atoms with Gasteiger partial charge in [0.1, 0.15) is 4.88 Å². The lowest BCUT2D eigenvalue weighted by Gasteiger charge is -2.40. The number of piperidine rings is 1. The predicted octanol–water partition coefficient (Wildman–Crippen LogP) is 1.83. The lowest BCUT2D eigenvalue weighted by atomic mass is 9.96. The maximum absolute atomic E-state index is 12.7. The van der Waals surface area contributed by atoms with Crippen LogP contribution in [0.3, 0.4) is 0 Å². The highest BCUT2D eigenvalue weighted by Crippen LogP contribution is 2.26. The van der Waals surface area contributed by atoms with Crippen LogP contribution in [0.25, 0.3) is 0 Å². The summed E-state index contributed by atoms with van der Waals surface area (Å²) in [5, 5.41) is 4.09. The first-order valence-electron chi connectivity index (χ1n) is 7.03. The monoisotopic (exact) mass is 282 g/mol. The molecule has 1 aliphatic heterocycles. The molecule has 2 rings (SSSR count). The Morgan fingerprint density at radius 2 is 2.32 bits per heavy atom. The van der Waals surface area contributed by atoms with Gasteiger partial charge in [-0.3, -0.25) is 4.79 Å². The van der Waals surface area contributed by atoms with E-state index in [0.29, 0.717) is 11.4 Å². The van der Waals surface area contributed by atoms with Gasteiger partial charge in [-0.1, -0.05) is 17.8 Å². The Morgan fingerprint density at radius 3 is 3.00 bits per heavy atom. The summed E-state index contributed by atoms with van der Waals surface area (Å²) >= 11 is 1.21. The van der Waals surface area contributed by atoms with Gasteiger partial charge in [0.15, 0.2) is 0 Å². The molecule has 2 unspecified atom stereocenters. The van der Waals surface area contributed by atoms with Crippen LogP contribution in [0.4, 0.5) is 0 Å². The summed E-state index contributed by atoms with van der Waals surface area (Å²) < 4.78 is 3.95. The second-order valence-corrected chi connectivity index (χ2v) is 5.93. The van der Waals surface area contributed by atoms with E-state index in [1.54, 1.807) is 0 Å². The third-order valence-electron chi connectivity index (χ3n) is 3.77. The maximum Gasteiger partial charge on any atom is 0.268 e. The van der Waals surface area contributed by atoms with Crippen molar-refractivity contribution in [1.29, 1.82) is 0 Å². The van der Waals surface area contributed by atoms with Crippen LogP contribution in [0.1, 0.15) is 54.9 Å². The van der Waals surface area contributed by atoms with Crippen LogP contribution >= 0.6 is 11.5 Å². The normalized spacial score (nSPS) is 23.6. The Hall–Kier alpha value is -1.01. The molecule has 2 heterocycles. The first-order valence-corrected chi connectivity index (χ1v) is 7.80. The average molecular weight is 282 g/mol. The zero-order valence-electron chi connectivity index (χ0n) is 11.6. The number of nitrogens with two attached hydrogens (primary N) is 1. The minimum Gasteiger partial charge on any atom is -0.331 e. The fraction of sp³-hybridized carbons (Fsp3) is 0.769. The predicted molar refractivity (Wildman–Crippen MR) is 76.2 cm³/mol. The van der Waals surface area contributed by atoms with Crippen molar-refractivity contribution in [3.05, 3.63) is 10.6 Å². The van der Waals surface area contributed by atoms with Gasteiger partial charge in [0, 0.05) is 18.6 Å². The molecule has 2 atom stereocenters. The number of hydrogen-bond acceptors (Lipinski definition) is 5. The second kappa shape index (κ2) is 6.43. The number of amides is 1. The summed E-state index contributed by atoms with van der Waals surface area (Å²) in [5.74, 6) is 0.0705. The number of hydrogen-bond donors (Lipinski definition) is 1. The molecule has 1 aromatic rings. The molecule has 2 N–H and O–H groups in total. The largest absolute Gasteiger partial charge is 0.331 e. The number of nitrogens with zero attached hydrogens (tertiary/aromatic N) is 3. The molecular formula is C13H22N4OS. The number of aryl methyl sites for hydroxylation is 1. The Balaban J connectivity index is 2.23. The number of carbonyl (C=O) groups excluding carboxylic acids is 1. The SMILES string of the molecule is CCCc1nnsc1C(=O)N1C(C)CCCC1CN. The molecule has 1 fully saturated rings. The van der Waals surface area contributed by atoms with Gasteiger partial charge in [0.2, 0.25) is 0 Å². The molecule has 1 amide bonds. The molecule has 0 radical (unpaired) electrons. The van der Waals surface area contributed by atoms with Gasteiger partial charge in [-0.05, 0) is 44.1 Å². The summed E-state index contributed by atoms with van der Waals surface area (Å²) in [6.45, 7) is 4.72. The topological polar surface area (TPSA) is 72.1 Å². The number of rotatable bonds is 4. The average Bonchev–Trinajstić information content (AvgIpc) is 2.86. The van der Waals surface area contributed by atoms with Crippen molar-refractivity contribution in [2.24, 2.45) is 5.73 Å². The van der Waals surface area contributed by atoms with E-state index < -0.39 is 0 Å². The molecular weight excluding hydrogens is 260 g/mol. The van der Waals surface area contributed by atoms with Gasteiger partial charge in [0.05, 0.1) is 5.69 Å². The van der Waals surface area contributed by atoms with Crippen molar-refractivity contribution < 1.29 is 4.79 Å². The first-order chi connectivity index (χ1) is 9.19. The first kappa shape index (κ1) is 14.4. The third kappa shape index (κ3) is 2.95. The van der Waals surface area contributed by atoms with Gasteiger partial charge >= 0.3 is 0 Å². The van der Waals surface area contributed by atoms with Crippen molar-refractivity contribution in [1.82, 2.24) is 14.5 Å². The Morgan fingerprint density at radius 1 is 1.53 bits per heavy atom. The van der Waals surface area contributed by atoms with E-state index in [0.717, 1.165) is 37.8 Å². The summed E-state index contributed by atoms with van der Waals surface area (Å²) in [6, 6.07) is 0.416. The van der Waals surface area contributed by atoms with Gasteiger partial charge < -0.3 is 10.6 Å². The highest BCUT2D eigenvalue weighted by Gasteiger charge is 2.33. The van der Waals surface area contributed by atoms with E-state index in [1.807, 2.05) is 4.90 Å². The summed E-state index contributed by atoms with van der Waals surface area (Å²) in [6.07, 6.45) is 4.99. The fourth-order valence-electron chi connectivity index (χ4n) is 2.77. The Labute approximate surface area is 118 Å². The molecule has 0 saturated carbocycles. The minimum atomic E-state index is 0.0705. The molecule has 0 aromatic carbocycles. The molecule has 6 heteroatoms. The number of likely N-dealkylation sites (tertiary alicyclic amines) is 1. The Kier molecular flexibility index (Phi) is 4.87. The zero-order valence-corrected chi connectivity index (χ0v) is 12.4. The van der Waals surface area contributed by atoms with Crippen molar-refractivity contribution in [2.45, 2.75) is 58.0 Å². The molecule has 1 aliphatic rings. The fourth-order valence-corrected chi connectivity index (χ4v) is 3.43. The quantitative estimate of drug-likeness (QED) is 0.914. The van der Waals surface area contributed by atoms with Crippen LogP contribution in [-0.4, -0.2) is 39.0 Å². The van der Waals surface area contributed by atoms with Crippen molar-refractivity contribution in [3.8, 4) is 0 Å². The lowest BCUT2D eigenvalue weighted by molar-refractivity contribution is 0.0498. The summed E-state index contributed by atoms with van der Waals surface area (Å²) in [4.78, 5) is 15.4. The molecule has 1 saturated heterocycles. The van der Waals surface area contributed by atoms with E-state index in [9.17, 15) is 4.79 Å². The van der Waals surface area contributed by atoms with E-state index in [-0.39, 0.29) is 18.0 Å². The van der Waals surface area contributed by atoms with Crippen LogP contribution in [0, 0.1) is 0 Å². The molecule has 106 valence electrons. The second-order valence-electron chi connectivity index (χ2n) is 5.18. The van der Waals surface area contributed by atoms with E-state index in [4.69, 9.17) is 5.73 Å². The van der Waals surface area contributed by atoms with Crippen LogP contribution in [0.5, 0.6) is 0 Å². The van der Waals surface area contributed by atoms with Crippen molar-refractivity contribution >= 4 is 17.4 Å². The van der Waals surface area contributed by atoms with Gasteiger partial charge in [-0.15, -0.1) is 5.10 Å². The van der Waals surface area contributed by atoms with Crippen LogP contribution in [-0.2, 0) is 6.42 Å². The van der Waals surface area contributed by atoms with Crippen LogP contribution in [0.15, 0.2) is 0 Å². The molecule has 1 aromatic heterocycles. The van der Waals surface area contributed by atoms with Crippen LogP contribution < -0.4 is 5.73 Å². The molecule has 0 spiro atoms. The van der Waals surface area contributed by atoms with Crippen molar-refractivity contribution in [2.75, 3.05) is 6.54 Å². The van der Waals surface area contributed by atoms with Gasteiger partial charge in [-0.25, -0.2) is 0 Å². The highest BCUT2D eigenvalue weighted by molar-refractivity contribution is 7.08. The lowest BCUT2D eigenvalue weighted by Crippen LogP contribution is -2.51. The number of aromatic nitrogens is 2. The van der Waals surface area contributed by atoms with Gasteiger partial charge in [-0.2, -0.15) is 0 Å².